The maximum atomic E-state index is 13.2. The van der Waals surface area contributed by atoms with E-state index >= 15 is 0 Å². The number of aliphatic hydroxyl groups excluding tert-OH is 1. The first-order valence-electron chi connectivity index (χ1n) is 8.91. The molecule has 8 nitrogen and oxygen atoms in total. The smallest absolute Gasteiger partial charge is 0.478 e. The lowest BCUT2D eigenvalue weighted by Gasteiger charge is -2.12. The number of amides is 1. The van der Waals surface area contributed by atoms with Gasteiger partial charge in [0.25, 0.3) is 5.91 Å². The summed E-state index contributed by atoms with van der Waals surface area (Å²) in [5, 5.41) is 20.7. The summed E-state index contributed by atoms with van der Waals surface area (Å²) in [5.41, 5.74) is -0.164. The monoisotopic (exact) mass is 501 g/mol. The van der Waals surface area contributed by atoms with Crippen molar-refractivity contribution in [3.8, 4) is 16.9 Å². The van der Waals surface area contributed by atoms with Crippen LogP contribution >= 0.6 is 11.3 Å². The standard InChI is InChI=1S/C20H14F3NO7S2/c21-20(22,23)31-14-7-3-4-8-15(14)33(29,30)17-9-13(18(32-17)24-16(26)10-25)11-5-1-2-6-12(11)19(27)28/h1-9,25H,10H2,(H,24,26)(H,27,28). The average Bonchev–Trinajstić information content (AvgIpc) is 3.17. The van der Waals surface area contributed by atoms with Gasteiger partial charge in [0.1, 0.15) is 26.5 Å². The lowest BCUT2D eigenvalue weighted by atomic mass is 10.0. The van der Waals surface area contributed by atoms with Gasteiger partial charge in [0.2, 0.25) is 9.84 Å². The van der Waals surface area contributed by atoms with Crippen molar-refractivity contribution in [3.63, 3.8) is 0 Å². The lowest BCUT2D eigenvalue weighted by Crippen LogP contribution is -2.18. The summed E-state index contributed by atoms with van der Waals surface area (Å²) in [6.07, 6.45) is -5.15. The topological polar surface area (TPSA) is 130 Å². The highest BCUT2D eigenvalue weighted by atomic mass is 32.2. The van der Waals surface area contributed by atoms with Gasteiger partial charge in [0.15, 0.2) is 0 Å². The van der Waals surface area contributed by atoms with Gasteiger partial charge in [-0.25, -0.2) is 13.2 Å². The van der Waals surface area contributed by atoms with Crippen molar-refractivity contribution in [1.29, 1.82) is 0 Å². The van der Waals surface area contributed by atoms with E-state index in [4.69, 9.17) is 5.11 Å². The number of benzene rings is 2. The van der Waals surface area contributed by atoms with Crippen molar-refractivity contribution < 1.29 is 46.1 Å². The molecule has 3 rings (SSSR count). The van der Waals surface area contributed by atoms with E-state index in [1.807, 2.05) is 0 Å². The van der Waals surface area contributed by atoms with Crippen molar-refractivity contribution >= 4 is 38.1 Å². The number of carboxylic acid groups (broad SMARTS) is 1. The van der Waals surface area contributed by atoms with Crippen LogP contribution in [0, 0.1) is 0 Å². The van der Waals surface area contributed by atoms with Crippen LogP contribution in [0.4, 0.5) is 18.2 Å². The third kappa shape index (κ3) is 5.32. The second kappa shape index (κ2) is 9.21. The summed E-state index contributed by atoms with van der Waals surface area (Å²) in [5.74, 6) is -3.19. The molecule has 2 aromatic carbocycles. The molecule has 0 aliphatic carbocycles. The van der Waals surface area contributed by atoms with Gasteiger partial charge in [-0.3, -0.25) is 4.79 Å². The number of para-hydroxylation sites is 1. The highest BCUT2D eigenvalue weighted by molar-refractivity contribution is 7.93. The zero-order valence-corrected chi connectivity index (χ0v) is 17.9. The number of hydrogen-bond donors (Lipinski definition) is 3. The molecule has 33 heavy (non-hydrogen) atoms. The van der Waals surface area contributed by atoms with Gasteiger partial charge in [0.05, 0.1) is 5.56 Å². The zero-order valence-electron chi connectivity index (χ0n) is 16.3. The zero-order chi connectivity index (χ0) is 24.4. The molecule has 1 amide bonds. The number of halogens is 3. The molecule has 0 spiro atoms. The van der Waals surface area contributed by atoms with Gasteiger partial charge >= 0.3 is 12.3 Å². The molecule has 0 saturated heterocycles. The molecule has 0 fully saturated rings. The molecular weight excluding hydrogens is 487 g/mol. The summed E-state index contributed by atoms with van der Waals surface area (Å²) >= 11 is 0.486. The van der Waals surface area contributed by atoms with Crippen molar-refractivity contribution in [2.75, 3.05) is 11.9 Å². The minimum Gasteiger partial charge on any atom is -0.478 e. The second-order valence-corrected chi connectivity index (χ2v) is 9.56. The molecule has 3 aromatic rings. The number of anilines is 1. The number of nitrogens with one attached hydrogen (secondary N) is 1. The van der Waals surface area contributed by atoms with Gasteiger partial charge in [-0.05, 0) is 29.8 Å². The molecule has 1 aromatic heterocycles. The Morgan fingerprint density at radius 3 is 2.30 bits per heavy atom. The van der Waals surface area contributed by atoms with E-state index in [0.29, 0.717) is 11.3 Å². The molecule has 0 aliphatic rings. The van der Waals surface area contributed by atoms with Crippen LogP contribution in [0.5, 0.6) is 5.75 Å². The van der Waals surface area contributed by atoms with Crippen LogP contribution in [0.3, 0.4) is 0 Å². The number of aromatic carboxylic acids is 1. The minimum absolute atomic E-state index is 0.00686. The fraction of sp³-hybridized carbons (Fsp3) is 0.100. The highest BCUT2D eigenvalue weighted by Crippen LogP contribution is 2.43. The van der Waals surface area contributed by atoms with Crippen LogP contribution in [0.2, 0.25) is 0 Å². The number of thiophene rings is 1. The number of rotatable bonds is 7. The maximum Gasteiger partial charge on any atom is 0.573 e. The molecular formula is C20H14F3NO7S2. The molecule has 0 aliphatic heterocycles. The molecule has 174 valence electrons. The number of aliphatic hydroxyl groups is 1. The van der Waals surface area contributed by atoms with Gasteiger partial charge in [-0.2, -0.15) is 0 Å². The number of carbonyl (C=O) groups excluding carboxylic acids is 1. The van der Waals surface area contributed by atoms with Gasteiger partial charge in [-0.15, -0.1) is 24.5 Å². The van der Waals surface area contributed by atoms with E-state index in [-0.39, 0.29) is 21.7 Å². The number of hydrogen-bond acceptors (Lipinski definition) is 7. The predicted molar refractivity (Wildman–Crippen MR) is 111 cm³/mol. The maximum absolute atomic E-state index is 13.2. The van der Waals surface area contributed by atoms with E-state index in [1.165, 1.54) is 30.3 Å². The highest BCUT2D eigenvalue weighted by Gasteiger charge is 2.35. The van der Waals surface area contributed by atoms with Crippen molar-refractivity contribution in [2.24, 2.45) is 0 Å². The van der Waals surface area contributed by atoms with Crippen LogP contribution in [0.1, 0.15) is 10.4 Å². The Kier molecular flexibility index (Phi) is 6.76. The molecule has 0 saturated carbocycles. The van der Waals surface area contributed by atoms with E-state index in [1.54, 1.807) is 0 Å². The number of ether oxygens (including phenoxy) is 1. The Balaban J connectivity index is 2.21. The average molecular weight is 501 g/mol. The van der Waals surface area contributed by atoms with E-state index in [9.17, 15) is 36.3 Å². The number of carbonyl (C=O) groups is 2. The van der Waals surface area contributed by atoms with E-state index in [0.717, 1.165) is 24.3 Å². The van der Waals surface area contributed by atoms with Gasteiger partial charge < -0.3 is 20.3 Å². The van der Waals surface area contributed by atoms with Crippen LogP contribution in [0.25, 0.3) is 11.1 Å². The Bertz CT molecular complexity index is 1320. The molecule has 3 N–H and O–H groups in total. The lowest BCUT2D eigenvalue weighted by molar-refractivity contribution is -0.275. The summed E-state index contributed by atoms with van der Waals surface area (Å²) in [6, 6.07) is 10.7. The normalized spacial score (nSPS) is 11.8. The first-order chi connectivity index (χ1) is 15.4. The third-order valence-corrected chi connectivity index (χ3v) is 7.50. The van der Waals surface area contributed by atoms with Crippen LogP contribution in [0.15, 0.2) is 63.7 Å². The predicted octanol–water partition coefficient (Wildman–Crippen LogP) is 3.78. The van der Waals surface area contributed by atoms with Gasteiger partial charge in [0, 0.05) is 5.56 Å². The molecule has 0 bridgehead atoms. The fourth-order valence-corrected chi connectivity index (χ4v) is 5.76. The number of carboxylic acids is 1. The van der Waals surface area contributed by atoms with Gasteiger partial charge in [-0.1, -0.05) is 30.3 Å². The van der Waals surface area contributed by atoms with Crippen LogP contribution in [-0.4, -0.2) is 43.5 Å². The molecule has 0 radical (unpaired) electrons. The minimum atomic E-state index is -5.15. The van der Waals surface area contributed by atoms with E-state index in [2.05, 4.69) is 10.1 Å². The van der Waals surface area contributed by atoms with Crippen molar-refractivity contribution in [2.45, 2.75) is 15.5 Å². The summed E-state index contributed by atoms with van der Waals surface area (Å²) in [4.78, 5) is 22.6. The Morgan fingerprint density at radius 1 is 1.03 bits per heavy atom. The van der Waals surface area contributed by atoms with Crippen molar-refractivity contribution in [1.82, 2.24) is 0 Å². The summed E-state index contributed by atoms with van der Waals surface area (Å²) in [6.45, 7) is -0.942. The Labute approximate surface area is 188 Å². The molecule has 13 heteroatoms. The quantitative estimate of drug-likeness (QED) is 0.449. The first-order valence-corrected chi connectivity index (χ1v) is 11.2. The number of sulfone groups is 1. The molecule has 0 unspecified atom stereocenters. The first kappa shape index (κ1) is 24.2. The summed E-state index contributed by atoms with van der Waals surface area (Å²) in [7, 11) is -4.59. The Morgan fingerprint density at radius 2 is 1.67 bits per heavy atom. The summed E-state index contributed by atoms with van der Waals surface area (Å²) < 4.78 is 68.0. The third-order valence-electron chi connectivity index (χ3n) is 4.18. The van der Waals surface area contributed by atoms with E-state index < -0.39 is 49.5 Å². The van der Waals surface area contributed by atoms with Crippen molar-refractivity contribution in [3.05, 3.63) is 60.2 Å². The second-order valence-electron chi connectivity index (χ2n) is 6.36. The SMILES string of the molecule is O=C(CO)Nc1sc(S(=O)(=O)c2ccccc2OC(F)(F)F)cc1-c1ccccc1C(=O)O. The largest absolute Gasteiger partial charge is 0.573 e. The van der Waals surface area contributed by atoms with Crippen LogP contribution < -0.4 is 10.1 Å². The fourth-order valence-electron chi connectivity index (χ4n) is 2.85. The Hall–Kier alpha value is -3.42. The molecule has 0 atom stereocenters. The van der Waals surface area contributed by atoms with Crippen LogP contribution in [-0.2, 0) is 14.6 Å². The molecule has 1 heterocycles. The number of alkyl halides is 3.